The van der Waals surface area contributed by atoms with E-state index < -0.39 is 6.04 Å². The number of nitrogens with zero attached hydrogens (tertiary/aromatic N) is 4. The van der Waals surface area contributed by atoms with Crippen LogP contribution >= 0.6 is 0 Å². The fourth-order valence-electron chi connectivity index (χ4n) is 6.74. The van der Waals surface area contributed by atoms with Gasteiger partial charge in [-0.05, 0) is 68.4 Å². The third-order valence-electron chi connectivity index (χ3n) is 9.33. The number of benzene rings is 3. The molecule has 0 saturated carbocycles. The van der Waals surface area contributed by atoms with Crippen molar-refractivity contribution < 1.29 is 14.4 Å². The molecule has 2 aliphatic heterocycles. The molecule has 2 atom stereocenters. The van der Waals surface area contributed by atoms with Crippen molar-refractivity contribution in [3.8, 4) is 0 Å². The number of anilines is 2. The quantitative estimate of drug-likeness (QED) is 0.237. The summed E-state index contributed by atoms with van der Waals surface area (Å²) in [7, 11) is 3.96. The van der Waals surface area contributed by atoms with Crippen molar-refractivity contribution in [2.24, 2.45) is 0 Å². The number of piperazine rings is 1. The van der Waals surface area contributed by atoms with E-state index in [2.05, 4.69) is 32.7 Å². The standard InChI is InChI=1S/C37H45N7O3/c1-26(31-24-38-32-14-8-7-13-29(31)32)34(40-37(47)44-21-19-42(20-22-44)28-11-5-4-6-12-28)35(45)39-33-23-27(25-41(2)3)15-16-30(33)36(46)43-17-9-10-18-43/h4-8,11-16,23-24,26,34,38H,9-10,17-22,25H2,1-3H3,(H,39,45)(H,40,47)/t26-,34+/m0/s1. The number of carbonyl (C=O) groups excluding carboxylic acids is 3. The molecule has 47 heavy (non-hydrogen) atoms. The second kappa shape index (κ2) is 14.3. The fourth-order valence-corrected chi connectivity index (χ4v) is 6.74. The maximum atomic E-state index is 14.4. The number of fused-ring (bicyclic) bond motifs is 1. The highest BCUT2D eigenvalue weighted by molar-refractivity contribution is 6.06. The first-order valence-corrected chi connectivity index (χ1v) is 16.6. The van der Waals surface area contributed by atoms with Gasteiger partial charge in [-0.1, -0.05) is 49.4 Å². The molecular weight excluding hydrogens is 590 g/mol. The predicted octanol–water partition coefficient (Wildman–Crippen LogP) is 5.11. The van der Waals surface area contributed by atoms with Crippen LogP contribution < -0.4 is 15.5 Å². The van der Waals surface area contributed by atoms with Gasteiger partial charge in [0, 0.05) is 74.5 Å². The molecule has 246 valence electrons. The van der Waals surface area contributed by atoms with Crippen molar-refractivity contribution in [3.05, 3.63) is 95.7 Å². The van der Waals surface area contributed by atoms with Gasteiger partial charge in [-0.3, -0.25) is 9.59 Å². The number of aromatic amines is 1. The highest BCUT2D eigenvalue weighted by Gasteiger charge is 2.33. The average Bonchev–Trinajstić information content (AvgIpc) is 3.78. The summed E-state index contributed by atoms with van der Waals surface area (Å²) in [4.78, 5) is 53.0. The third kappa shape index (κ3) is 7.28. The van der Waals surface area contributed by atoms with E-state index in [-0.39, 0.29) is 23.8 Å². The minimum Gasteiger partial charge on any atom is -0.368 e. The summed E-state index contributed by atoms with van der Waals surface area (Å²) in [6.45, 7) is 6.52. The van der Waals surface area contributed by atoms with Crippen LogP contribution in [0.4, 0.5) is 16.2 Å². The Kier molecular flexibility index (Phi) is 9.77. The lowest BCUT2D eigenvalue weighted by Gasteiger charge is -2.37. The first kappa shape index (κ1) is 32.1. The molecule has 1 aromatic heterocycles. The van der Waals surface area contributed by atoms with E-state index in [0.717, 1.165) is 40.6 Å². The highest BCUT2D eigenvalue weighted by Crippen LogP contribution is 2.30. The van der Waals surface area contributed by atoms with Crippen molar-refractivity contribution in [1.29, 1.82) is 0 Å². The Morgan fingerprint density at radius 3 is 2.28 bits per heavy atom. The average molecular weight is 636 g/mol. The number of para-hydroxylation sites is 2. The van der Waals surface area contributed by atoms with Crippen LogP contribution in [0.15, 0.2) is 79.0 Å². The fraction of sp³-hybridized carbons (Fsp3) is 0.378. The van der Waals surface area contributed by atoms with Crippen LogP contribution in [0.25, 0.3) is 10.9 Å². The predicted molar refractivity (Wildman–Crippen MR) is 187 cm³/mol. The number of hydrogen-bond donors (Lipinski definition) is 3. The molecule has 4 amide bonds. The summed E-state index contributed by atoms with van der Waals surface area (Å²) in [5.41, 5.74) is 4.94. The maximum absolute atomic E-state index is 14.4. The van der Waals surface area contributed by atoms with Crippen molar-refractivity contribution >= 4 is 40.1 Å². The van der Waals surface area contributed by atoms with Gasteiger partial charge in [0.1, 0.15) is 6.04 Å². The maximum Gasteiger partial charge on any atom is 0.318 e. The van der Waals surface area contributed by atoms with E-state index in [1.807, 2.05) is 97.7 Å². The minimum atomic E-state index is -0.902. The van der Waals surface area contributed by atoms with E-state index in [1.54, 1.807) is 4.90 Å². The Morgan fingerprint density at radius 1 is 0.851 bits per heavy atom. The summed E-state index contributed by atoms with van der Waals surface area (Å²) in [6.07, 6.45) is 3.87. The van der Waals surface area contributed by atoms with Crippen LogP contribution in [0.2, 0.25) is 0 Å². The number of nitrogens with one attached hydrogen (secondary N) is 3. The minimum absolute atomic E-state index is 0.0873. The zero-order chi connectivity index (χ0) is 32.9. The van der Waals surface area contributed by atoms with E-state index in [1.165, 1.54) is 0 Å². The summed E-state index contributed by atoms with van der Waals surface area (Å²) in [5.74, 6) is -0.823. The molecule has 3 heterocycles. The molecule has 4 aromatic rings. The number of aromatic nitrogens is 1. The summed E-state index contributed by atoms with van der Waals surface area (Å²) in [6, 6.07) is 22.6. The molecule has 6 rings (SSSR count). The van der Waals surface area contributed by atoms with Crippen molar-refractivity contribution in [2.45, 2.75) is 38.3 Å². The van der Waals surface area contributed by atoms with Crippen LogP contribution in [0.1, 0.15) is 47.2 Å². The van der Waals surface area contributed by atoms with E-state index in [9.17, 15) is 14.4 Å². The number of H-pyrrole nitrogens is 1. The lowest BCUT2D eigenvalue weighted by Crippen LogP contribution is -2.56. The molecule has 0 aliphatic carbocycles. The van der Waals surface area contributed by atoms with E-state index >= 15 is 0 Å². The highest BCUT2D eigenvalue weighted by atomic mass is 16.2. The molecule has 3 aromatic carbocycles. The molecule has 2 saturated heterocycles. The summed E-state index contributed by atoms with van der Waals surface area (Å²) in [5, 5.41) is 7.20. The molecule has 0 radical (unpaired) electrons. The topological polar surface area (TPSA) is 104 Å². The molecule has 0 bridgehead atoms. The van der Waals surface area contributed by atoms with Gasteiger partial charge < -0.3 is 35.2 Å². The van der Waals surface area contributed by atoms with Crippen molar-refractivity contribution in [1.82, 2.24) is 25.0 Å². The molecule has 3 N–H and O–H groups in total. The molecule has 2 aliphatic rings. The van der Waals surface area contributed by atoms with E-state index in [0.29, 0.717) is 57.1 Å². The van der Waals surface area contributed by atoms with Gasteiger partial charge in [-0.2, -0.15) is 0 Å². The Bertz CT molecular complexity index is 1710. The van der Waals surface area contributed by atoms with Crippen LogP contribution in [-0.4, -0.2) is 96.9 Å². The normalized spacial score (nSPS) is 16.4. The molecule has 10 nitrogen and oxygen atoms in total. The smallest absolute Gasteiger partial charge is 0.318 e. The summed E-state index contributed by atoms with van der Waals surface area (Å²) >= 11 is 0. The molecular formula is C37H45N7O3. The van der Waals surface area contributed by atoms with Gasteiger partial charge in [0.15, 0.2) is 0 Å². The SMILES string of the molecule is C[C@@H](c1c[nH]c2ccccc12)[C@@H](NC(=O)N1CCN(c2ccccc2)CC1)C(=O)Nc1cc(CN(C)C)ccc1C(=O)N1CCCC1. The Labute approximate surface area is 276 Å². The second-order valence-electron chi connectivity index (χ2n) is 12.9. The van der Waals surface area contributed by atoms with Gasteiger partial charge in [-0.15, -0.1) is 0 Å². The Hall–Kier alpha value is -4.83. The second-order valence-corrected chi connectivity index (χ2v) is 12.9. The monoisotopic (exact) mass is 635 g/mol. The van der Waals surface area contributed by atoms with Crippen LogP contribution in [0, 0.1) is 0 Å². The largest absolute Gasteiger partial charge is 0.368 e. The van der Waals surface area contributed by atoms with Gasteiger partial charge >= 0.3 is 6.03 Å². The molecule has 10 heteroatoms. The third-order valence-corrected chi connectivity index (χ3v) is 9.33. The van der Waals surface area contributed by atoms with Crippen LogP contribution in [0.3, 0.4) is 0 Å². The van der Waals surface area contributed by atoms with Gasteiger partial charge in [0.2, 0.25) is 5.91 Å². The van der Waals surface area contributed by atoms with Crippen LogP contribution in [0.5, 0.6) is 0 Å². The summed E-state index contributed by atoms with van der Waals surface area (Å²) < 4.78 is 0. The van der Waals surface area contributed by atoms with Crippen LogP contribution in [-0.2, 0) is 11.3 Å². The number of likely N-dealkylation sites (tertiary alicyclic amines) is 1. The van der Waals surface area contributed by atoms with Crippen molar-refractivity contribution in [2.75, 3.05) is 63.6 Å². The Morgan fingerprint density at radius 2 is 1.55 bits per heavy atom. The van der Waals surface area contributed by atoms with Gasteiger partial charge in [0.05, 0.1) is 11.3 Å². The zero-order valence-corrected chi connectivity index (χ0v) is 27.5. The molecule has 2 fully saturated rings. The molecule has 0 unspecified atom stereocenters. The first-order valence-electron chi connectivity index (χ1n) is 16.6. The first-order chi connectivity index (χ1) is 22.8. The van der Waals surface area contributed by atoms with Gasteiger partial charge in [0.25, 0.3) is 5.91 Å². The Balaban J connectivity index is 1.27. The zero-order valence-electron chi connectivity index (χ0n) is 27.5. The van der Waals surface area contributed by atoms with E-state index in [4.69, 9.17) is 0 Å². The van der Waals surface area contributed by atoms with Crippen molar-refractivity contribution in [3.63, 3.8) is 0 Å². The number of amides is 4. The number of urea groups is 1. The number of carbonyl (C=O) groups is 3. The molecule has 0 spiro atoms. The number of rotatable bonds is 9. The number of hydrogen-bond acceptors (Lipinski definition) is 5. The lowest BCUT2D eigenvalue weighted by molar-refractivity contribution is -0.118. The van der Waals surface area contributed by atoms with Gasteiger partial charge in [-0.25, -0.2) is 4.79 Å². The lowest BCUT2D eigenvalue weighted by atomic mass is 9.92.